The van der Waals surface area contributed by atoms with E-state index in [0.29, 0.717) is 12.8 Å². The molecule has 1 unspecified atom stereocenters. The number of nitrogens with one attached hydrogen (secondary N) is 4. The van der Waals surface area contributed by atoms with E-state index in [2.05, 4.69) is 21.3 Å². The fraction of sp³-hybridized carbons (Fsp3) is 0.824. The Morgan fingerprint density at radius 3 is 1.89 bits per heavy atom. The number of ether oxygens (including phenoxy) is 1. The zero-order valence-electron chi connectivity index (χ0n) is 30.4. The zero-order valence-corrected chi connectivity index (χ0v) is 30.4. The van der Waals surface area contributed by atoms with Gasteiger partial charge in [0.1, 0.15) is 18.7 Å². The van der Waals surface area contributed by atoms with E-state index in [-0.39, 0.29) is 30.9 Å². The van der Waals surface area contributed by atoms with Crippen LogP contribution in [-0.2, 0) is 23.9 Å². The number of urea groups is 1. The first-order chi connectivity index (χ1) is 21.4. The molecule has 0 aromatic rings. The number of carbonyl (C=O) groups is 6. The van der Waals surface area contributed by atoms with Crippen molar-refractivity contribution in [1.82, 2.24) is 26.2 Å². The Labute approximate surface area is 280 Å². The summed E-state index contributed by atoms with van der Waals surface area (Å²) in [5.74, 6) is -2.84. The molecule has 2 rings (SSSR count). The summed E-state index contributed by atoms with van der Waals surface area (Å²) in [5, 5.41) is 11.2. The average Bonchev–Trinajstić information content (AvgIpc) is 3.33. The molecule has 1 saturated heterocycles. The highest BCUT2D eigenvalue weighted by atomic mass is 16.5. The number of ketones is 1. The molecule has 2 fully saturated rings. The van der Waals surface area contributed by atoms with Crippen molar-refractivity contribution in [2.45, 2.75) is 138 Å². The molecule has 5 atom stereocenters. The molecule has 2 aliphatic rings. The Bertz CT molecular complexity index is 1160. The van der Waals surface area contributed by atoms with Crippen LogP contribution in [0.4, 0.5) is 9.59 Å². The first-order valence-corrected chi connectivity index (χ1v) is 16.9. The van der Waals surface area contributed by atoms with E-state index < -0.39 is 76.2 Å². The SMILES string of the molecule is CC(C)[C@H]1CCN(C(=O)[C@@H](NC(=O)N[C@H](COC(=O)NC(C)(C)C)C(C)(C)C)C(C)(C)C)[C@@H]1C(=O)NC(CC1CCC1)C(=O)C(N)=O. The van der Waals surface area contributed by atoms with Crippen LogP contribution in [0, 0.1) is 28.6 Å². The minimum absolute atomic E-state index is 0.0350. The van der Waals surface area contributed by atoms with E-state index >= 15 is 0 Å². The first-order valence-electron chi connectivity index (χ1n) is 16.9. The highest BCUT2D eigenvalue weighted by Crippen LogP contribution is 2.34. The van der Waals surface area contributed by atoms with E-state index in [4.69, 9.17) is 10.5 Å². The molecule has 0 aromatic heterocycles. The standard InChI is InChI=1S/C34H60N6O7/c1-19(2)21-15-16-40(24(21)28(43)36-22(25(41)27(35)42)17-20-13-12-14-20)29(44)26(33(6,7)8)38-30(45)37-23(32(3,4)5)18-47-31(46)39-34(9,10)11/h19-24,26H,12-18H2,1-11H3,(H2,35,42)(H,36,43)(H,39,46)(H2,37,38,45)/t21-,22?,23-,24+,26-/m1/s1. The fourth-order valence-corrected chi connectivity index (χ4v) is 5.97. The second kappa shape index (κ2) is 15.7. The van der Waals surface area contributed by atoms with Crippen LogP contribution in [0.3, 0.4) is 0 Å². The van der Waals surface area contributed by atoms with Crippen molar-refractivity contribution in [2.75, 3.05) is 13.2 Å². The third kappa shape index (κ3) is 11.7. The smallest absolute Gasteiger partial charge is 0.407 e. The zero-order chi connectivity index (χ0) is 36.1. The molecule has 1 aliphatic carbocycles. The lowest BCUT2D eigenvalue weighted by Gasteiger charge is -2.38. The average molecular weight is 665 g/mol. The van der Waals surface area contributed by atoms with Crippen molar-refractivity contribution in [2.24, 2.45) is 34.3 Å². The van der Waals surface area contributed by atoms with Gasteiger partial charge in [0, 0.05) is 12.1 Å². The number of hydrogen-bond donors (Lipinski definition) is 5. The van der Waals surface area contributed by atoms with Crippen molar-refractivity contribution >= 4 is 35.6 Å². The molecule has 1 saturated carbocycles. The number of likely N-dealkylation sites (tertiary alicyclic amines) is 1. The van der Waals surface area contributed by atoms with Crippen LogP contribution in [0.5, 0.6) is 0 Å². The van der Waals surface area contributed by atoms with Crippen molar-refractivity contribution in [3.05, 3.63) is 0 Å². The van der Waals surface area contributed by atoms with E-state index in [9.17, 15) is 28.8 Å². The van der Waals surface area contributed by atoms with Gasteiger partial charge in [0.15, 0.2) is 0 Å². The van der Waals surface area contributed by atoms with Gasteiger partial charge in [-0.1, -0.05) is 74.7 Å². The van der Waals surface area contributed by atoms with E-state index in [1.807, 2.05) is 76.2 Å². The Morgan fingerprint density at radius 2 is 1.45 bits per heavy atom. The van der Waals surface area contributed by atoms with Crippen molar-refractivity contribution in [3.8, 4) is 0 Å². The molecule has 1 aliphatic heterocycles. The highest BCUT2D eigenvalue weighted by Gasteiger charge is 2.48. The largest absolute Gasteiger partial charge is 0.447 e. The number of carbonyl (C=O) groups excluding carboxylic acids is 6. The molecule has 268 valence electrons. The molecule has 6 amide bonds. The Kier molecular flexibility index (Phi) is 13.3. The number of Topliss-reactive ketones (excluding diaryl/α,β-unsaturated/α-hetero) is 1. The third-order valence-corrected chi connectivity index (χ3v) is 9.12. The first kappa shape index (κ1) is 39.8. The van der Waals surface area contributed by atoms with Crippen LogP contribution in [0.15, 0.2) is 0 Å². The molecular formula is C34H60N6O7. The van der Waals surface area contributed by atoms with Crippen molar-refractivity contribution < 1.29 is 33.5 Å². The van der Waals surface area contributed by atoms with Gasteiger partial charge in [0.05, 0.1) is 12.1 Å². The minimum atomic E-state index is -1.11. The summed E-state index contributed by atoms with van der Waals surface area (Å²) in [6.45, 7) is 20.8. The summed E-state index contributed by atoms with van der Waals surface area (Å²) in [7, 11) is 0. The molecule has 1 heterocycles. The van der Waals surface area contributed by atoms with E-state index in [1.54, 1.807) is 0 Å². The molecule has 47 heavy (non-hydrogen) atoms. The Balaban J connectivity index is 2.28. The highest BCUT2D eigenvalue weighted by molar-refractivity contribution is 6.37. The topological polar surface area (TPSA) is 189 Å². The number of nitrogens with zero attached hydrogens (tertiary/aromatic N) is 1. The normalized spacial score (nSPS) is 20.8. The van der Waals surface area contributed by atoms with Gasteiger partial charge in [-0.25, -0.2) is 9.59 Å². The van der Waals surface area contributed by atoms with Crippen molar-refractivity contribution in [3.63, 3.8) is 0 Å². The monoisotopic (exact) mass is 664 g/mol. The van der Waals surface area contributed by atoms with Gasteiger partial charge in [-0.3, -0.25) is 19.2 Å². The van der Waals surface area contributed by atoms with Crippen molar-refractivity contribution in [1.29, 1.82) is 0 Å². The molecule has 13 nitrogen and oxygen atoms in total. The van der Waals surface area contributed by atoms with Crippen LogP contribution in [0.25, 0.3) is 0 Å². The fourth-order valence-electron chi connectivity index (χ4n) is 5.97. The summed E-state index contributed by atoms with van der Waals surface area (Å²) in [6, 6.07) is -4.19. The summed E-state index contributed by atoms with van der Waals surface area (Å²) in [4.78, 5) is 80.0. The lowest BCUT2D eigenvalue weighted by atomic mass is 9.80. The second-order valence-electron chi connectivity index (χ2n) is 16.8. The van der Waals surface area contributed by atoms with Gasteiger partial charge in [-0.2, -0.15) is 0 Å². The van der Waals surface area contributed by atoms with Crippen LogP contribution >= 0.6 is 0 Å². The van der Waals surface area contributed by atoms with Gasteiger partial charge in [0.2, 0.25) is 17.6 Å². The maximum atomic E-state index is 14.3. The van der Waals surface area contributed by atoms with Gasteiger partial charge in [0.25, 0.3) is 5.91 Å². The molecule has 0 bridgehead atoms. The number of amides is 6. The summed E-state index contributed by atoms with van der Waals surface area (Å²) in [5.41, 5.74) is 3.59. The summed E-state index contributed by atoms with van der Waals surface area (Å²) < 4.78 is 5.42. The molecule has 0 radical (unpaired) electrons. The Morgan fingerprint density at radius 1 is 0.851 bits per heavy atom. The van der Waals surface area contributed by atoms with Gasteiger partial charge < -0.3 is 36.6 Å². The number of primary amides is 1. The van der Waals surface area contributed by atoms with Gasteiger partial charge in [-0.05, 0) is 62.2 Å². The predicted octanol–water partition coefficient (Wildman–Crippen LogP) is 3.24. The molecule has 6 N–H and O–H groups in total. The second-order valence-corrected chi connectivity index (χ2v) is 16.8. The minimum Gasteiger partial charge on any atom is -0.447 e. The molecule has 0 aromatic carbocycles. The van der Waals surface area contributed by atoms with Crippen LogP contribution < -0.4 is 27.0 Å². The maximum Gasteiger partial charge on any atom is 0.407 e. The lowest BCUT2D eigenvalue weighted by molar-refractivity contribution is -0.144. The number of rotatable bonds is 12. The number of nitrogens with two attached hydrogens (primary N) is 1. The molecule has 13 heteroatoms. The van der Waals surface area contributed by atoms with Crippen LogP contribution in [-0.4, -0.2) is 83.4 Å². The number of alkyl carbamates (subject to hydrolysis) is 1. The van der Waals surface area contributed by atoms with E-state index in [0.717, 1.165) is 19.3 Å². The Hall–Kier alpha value is -3.38. The van der Waals surface area contributed by atoms with Gasteiger partial charge in [-0.15, -0.1) is 0 Å². The van der Waals surface area contributed by atoms with E-state index in [1.165, 1.54) is 4.90 Å². The van der Waals surface area contributed by atoms with Crippen LogP contribution in [0.1, 0.15) is 108 Å². The molecule has 0 spiro atoms. The van der Waals surface area contributed by atoms with Crippen LogP contribution in [0.2, 0.25) is 0 Å². The van der Waals surface area contributed by atoms with Gasteiger partial charge >= 0.3 is 12.1 Å². The summed E-state index contributed by atoms with van der Waals surface area (Å²) in [6.07, 6.45) is 3.12. The maximum absolute atomic E-state index is 14.3. The summed E-state index contributed by atoms with van der Waals surface area (Å²) >= 11 is 0. The third-order valence-electron chi connectivity index (χ3n) is 9.12. The predicted molar refractivity (Wildman–Crippen MR) is 179 cm³/mol. The lowest BCUT2D eigenvalue weighted by Crippen LogP contribution is -2.62. The number of hydrogen-bond acceptors (Lipinski definition) is 7. The molecular weight excluding hydrogens is 604 g/mol. The quantitative estimate of drug-likeness (QED) is 0.198.